The third-order valence-corrected chi connectivity index (χ3v) is 8.25. The van der Waals surface area contributed by atoms with Gasteiger partial charge in [-0.2, -0.15) is 4.52 Å². The van der Waals surface area contributed by atoms with Crippen LogP contribution in [0.2, 0.25) is 0 Å². The first-order valence-electron chi connectivity index (χ1n) is 11.5. The molecule has 5 rings (SSSR count). The van der Waals surface area contributed by atoms with Crippen LogP contribution in [0.15, 0.2) is 76.7 Å². The zero-order valence-corrected chi connectivity index (χ0v) is 21.0. The number of nitrogens with one attached hydrogen (secondary N) is 1. The molecule has 0 aliphatic rings. The van der Waals surface area contributed by atoms with E-state index in [4.69, 9.17) is 4.98 Å². The zero-order valence-electron chi connectivity index (χ0n) is 20.1. The van der Waals surface area contributed by atoms with Crippen LogP contribution in [0.25, 0.3) is 16.6 Å². The van der Waals surface area contributed by atoms with Crippen LogP contribution in [0.4, 0.5) is 5.82 Å². The minimum absolute atomic E-state index is 0.141. The van der Waals surface area contributed by atoms with Crippen molar-refractivity contribution in [3.63, 3.8) is 0 Å². The van der Waals surface area contributed by atoms with Gasteiger partial charge in [0.2, 0.25) is 14.9 Å². The van der Waals surface area contributed by atoms with Gasteiger partial charge in [0.25, 0.3) is 0 Å². The maximum atomic E-state index is 13.8. The fourth-order valence-electron chi connectivity index (χ4n) is 4.69. The summed E-state index contributed by atoms with van der Waals surface area (Å²) < 4.78 is 29.1. The Morgan fingerprint density at radius 3 is 2.31 bits per heavy atom. The first-order valence-corrected chi connectivity index (χ1v) is 13.0. The molecule has 1 N–H and O–H groups in total. The Morgan fingerprint density at radius 2 is 1.60 bits per heavy atom. The van der Waals surface area contributed by atoms with Gasteiger partial charge >= 0.3 is 0 Å². The average Bonchev–Trinajstić information content (AvgIpc) is 3.27. The fraction of sp³-hybridized carbons (Fsp3) is 0.222. The average molecular weight is 486 g/mol. The molecule has 0 radical (unpaired) electrons. The predicted molar refractivity (Wildman–Crippen MR) is 138 cm³/mol. The van der Waals surface area contributed by atoms with Gasteiger partial charge in [0.15, 0.2) is 5.65 Å². The van der Waals surface area contributed by atoms with Crippen molar-refractivity contribution < 1.29 is 8.42 Å². The second kappa shape index (κ2) is 8.78. The molecule has 0 saturated heterocycles. The van der Waals surface area contributed by atoms with Gasteiger partial charge in [0.05, 0.1) is 10.4 Å². The molecule has 2 aromatic heterocycles. The van der Waals surface area contributed by atoms with Crippen molar-refractivity contribution in [2.45, 2.75) is 43.5 Å². The number of nitrogens with zero attached hydrogens (tertiary/aromatic N) is 4. The Morgan fingerprint density at radius 1 is 0.943 bits per heavy atom. The number of aryl methyl sites for hydroxylation is 3. The summed E-state index contributed by atoms with van der Waals surface area (Å²) >= 11 is 0. The molecule has 35 heavy (non-hydrogen) atoms. The van der Waals surface area contributed by atoms with E-state index in [2.05, 4.69) is 34.7 Å². The van der Waals surface area contributed by atoms with Crippen LogP contribution < -0.4 is 5.32 Å². The Bertz CT molecular complexity index is 1640. The minimum Gasteiger partial charge on any atom is -0.369 e. The quantitative estimate of drug-likeness (QED) is 0.353. The molecule has 3 aromatic carbocycles. The van der Waals surface area contributed by atoms with E-state index in [1.165, 1.54) is 10.1 Å². The van der Waals surface area contributed by atoms with Gasteiger partial charge in [-0.3, -0.25) is 0 Å². The third kappa shape index (κ3) is 4.04. The molecule has 2 heterocycles. The molecule has 0 spiro atoms. The zero-order chi connectivity index (χ0) is 24.7. The van der Waals surface area contributed by atoms with Gasteiger partial charge in [0.1, 0.15) is 5.82 Å². The number of rotatable bonds is 6. The van der Waals surface area contributed by atoms with Crippen molar-refractivity contribution in [1.29, 1.82) is 0 Å². The predicted octanol–water partition coefficient (Wildman–Crippen LogP) is 5.25. The van der Waals surface area contributed by atoms with Crippen LogP contribution in [0, 0.1) is 20.8 Å². The van der Waals surface area contributed by atoms with E-state index in [9.17, 15) is 8.42 Å². The first kappa shape index (κ1) is 23.0. The summed E-state index contributed by atoms with van der Waals surface area (Å²) in [7, 11) is -3.94. The van der Waals surface area contributed by atoms with Crippen LogP contribution >= 0.6 is 0 Å². The smallest absolute Gasteiger partial charge is 0.230 e. The lowest BCUT2D eigenvalue weighted by molar-refractivity contribution is 0.591. The molecule has 7 nitrogen and oxygen atoms in total. The summed E-state index contributed by atoms with van der Waals surface area (Å²) in [4.78, 5) is 5.00. The number of sulfone groups is 1. The Balaban J connectivity index is 1.64. The number of aromatic nitrogens is 4. The van der Waals surface area contributed by atoms with Crippen LogP contribution in [0.1, 0.15) is 35.1 Å². The lowest BCUT2D eigenvalue weighted by Gasteiger charge is -2.15. The number of fused-ring (bicyclic) bond motifs is 3. The van der Waals surface area contributed by atoms with Crippen molar-refractivity contribution in [3.8, 4) is 0 Å². The summed E-state index contributed by atoms with van der Waals surface area (Å²) in [5.41, 5.74) is 4.52. The molecule has 0 amide bonds. The molecule has 178 valence electrons. The molecule has 1 unspecified atom stereocenters. The van der Waals surface area contributed by atoms with Crippen molar-refractivity contribution in [3.05, 3.63) is 89.0 Å². The highest BCUT2D eigenvalue weighted by Crippen LogP contribution is 2.31. The van der Waals surface area contributed by atoms with E-state index in [1.54, 1.807) is 13.8 Å². The minimum atomic E-state index is -3.94. The van der Waals surface area contributed by atoms with Crippen molar-refractivity contribution in [2.24, 2.45) is 0 Å². The molecule has 0 bridgehead atoms. The van der Waals surface area contributed by atoms with Gasteiger partial charge in [-0.15, -0.1) is 5.10 Å². The summed E-state index contributed by atoms with van der Waals surface area (Å²) in [5.74, 6) is 0.837. The Kier molecular flexibility index (Phi) is 5.76. The molecular weight excluding hydrogens is 458 g/mol. The van der Waals surface area contributed by atoms with Crippen molar-refractivity contribution >= 4 is 32.2 Å². The van der Waals surface area contributed by atoms with Gasteiger partial charge in [-0.05, 0) is 55.5 Å². The molecular formula is C27H27N5O2S. The lowest BCUT2D eigenvalue weighted by atomic mass is 10.0. The third-order valence-electron chi connectivity index (χ3n) is 6.29. The second-order valence-corrected chi connectivity index (χ2v) is 10.8. The van der Waals surface area contributed by atoms with E-state index in [-0.39, 0.29) is 21.5 Å². The van der Waals surface area contributed by atoms with Crippen LogP contribution in [0.3, 0.4) is 0 Å². The van der Waals surface area contributed by atoms with Gasteiger partial charge in [-0.1, -0.05) is 72.3 Å². The maximum Gasteiger partial charge on any atom is 0.230 e. The van der Waals surface area contributed by atoms with Gasteiger partial charge < -0.3 is 5.32 Å². The standard InChI is InChI=1S/C27H27N5O2S/c1-17-14-18(2)24(19(3)15-17)35(33,34)27-26-29-25(28-16-20(4)21-10-6-5-7-11-21)22-12-8-9-13-23(22)32(26)31-30-27/h5-15,20H,16H2,1-4H3,(H,28,29). The van der Waals surface area contributed by atoms with E-state index >= 15 is 0 Å². The van der Waals surface area contributed by atoms with Crippen molar-refractivity contribution in [1.82, 2.24) is 19.8 Å². The van der Waals surface area contributed by atoms with Crippen LogP contribution in [0.5, 0.6) is 0 Å². The van der Waals surface area contributed by atoms with Crippen molar-refractivity contribution in [2.75, 3.05) is 11.9 Å². The topological polar surface area (TPSA) is 89.2 Å². The van der Waals surface area contributed by atoms with Crippen LogP contribution in [-0.2, 0) is 9.84 Å². The number of hydrogen-bond acceptors (Lipinski definition) is 6. The highest BCUT2D eigenvalue weighted by atomic mass is 32.2. The highest BCUT2D eigenvalue weighted by Gasteiger charge is 2.30. The number of hydrogen-bond donors (Lipinski definition) is 1. The van der Waals surface area contributed by atoms with E-state index < -0.39 is 9.84 Å². The summed E-state index contributed by atoms with van der Waals surface area (Å²) in [5, 5.41) is 12.5. The monoisotopic (exact) mass is 485 g/mol. The summed E-state index contributed by atoms with van der Waals surface area (Å²) in [6.07, 6.45) is 0. The Hall–Kier alpha value is -3.78. The van der Waals surface area contributed by atoms with Crippen LogP contribution in [-0.4, -0.2) is 34.8 Å². The van der Waals surface area contributed by atoms with E-state index in [0.717, 1.165) is 16.5 Å². The molecule has 5 aromatic rings. The largest absolute Gasteiger partial charge is 0.369 e. The molecule has 0 fully saturated rings. The second-order valence-electron chi connectivity index (χ2n) is 9.03. The fourth-order valence-corrected chi connectivity index (χ4v) is 6.37. The molecule has 8 heteroatoms. The summed E-state index contributed by atoms with van der Waals surface area (Å²) in [6, 6.07) is 21.6. The number of para-hydroxylation sites is 1. The highest BCUT2D eigenvalue weighted by molar-refractivity contribution is 7.91. The SMILES string of the molecule is Cc1cc(C)c(S(=O)(=O)c2nnn3c2nc(NCC(C)c2ccccc2)c2ccccc23)c(C)c1. The first-order chi connectivity index (χ1) is 16.8. The summed E-state index contributed by atoms with van der Waals surface area (Å²) in [6.45, 7) is 8.34. The molecule has 1 atom stereocenters. The lowest BCUT2D eigenvalue weighted by Crippen LogP contribution is -2.13. The van der Waals surface area contributed by atoms with Gasteiger partial charge in [-0.25, -0.2) is 13.4 Å². The normalized spacial score (nSPS) is 12.8. The number of anilines is 1. The number of benzene rings is 3. The van der Waals surface area contributed by atoms with Gasteiger partial charge in [0, 0.05) is 11.9 Å². The molecule has 0 aliphatic carbocycles. The van der Waals surface area contributed by atoms with E-state index in [1.807, 2.05) is 61.5 Å². The molecule has 0 saturated carbocycles. The maximum absolute atomic E-state index is 13.8. The van der Waals surface area contributed by atoms with E-state index in [0.29, 0.717) is 23.5 Å². The Labute approximate surface area is 204 Å². The molecule has 0 aliphatic heterocycles.